The van der Waals surface area contributed by atoms with Crippen molar-refractivity contribution in [3.05, 3.63) is 24.0 Å². The highest BCUT2D eigenvalue weighted by Crippen LogP contribution is 2.40. The third-order valence-corrected chi connectivity index (χ3v) is 4.76. The van der Waals surface area contributed by atoms with Crippen LogP contribution in [-0.2, 0) is 9.53 Å². The van der Waals surface area contributed by atoms with E-state index in [0.717, 1.165) is 24.6 Å². The maximum atomic E-state index is 12.1. The summed E-state index contributed by atoms with van der Waals surface area (Å²) in [7, 11) is -1.14. The monoisotopic (exact) mass is 266 g/mol. The number of allylic oxidation sites excluding steroid dienone is 3. The minimum atomic E-state index is -1.14. The Bertz CT molecular complexity index is 376. The fourth-order valence-electron chi connectivity index (χ4n) is 2.64. The Hall–Kier alpha value is -0.833. The lowest BCUT2D eigenvalue weighted by Gasteiger charge is -2.26. The lowest BCUT2D eigenvalue weighted by molar-refractivity contribution is -0.121. The van der Waals surface area contributed by atoms with Crippen LogP contribution >= 0.6 is 0 Å². The van der Waals surface area contributed by atoms with Crippen molar-refractivity contribution >= 4 is 13.9 Å². The van der Waals surface area contributed by atoms with Crippen molar-refractivity contribution in [3.63, 3.8) is 0 Å². The summed E-state index contributed by atoms with van der Waals surface area (Å²) in [6.07, 6.45) is 3.19. The van der Waals surface area contributed by atoms with E-state index in [1.165, 1.54) is 5.57 Å². The Labute approximate surface area is 112 Å². The fraction of sp³-hybridized carbons (Fsp3) is 0.667. The van der Waals surface area contributed by atoms with Crippen molar-refractivity contribution in [2.24, 2.45) is 5.41 Å². The van der Waals surface area contributed by atoms with E-state index in [2.05, 4.69) is 26.2 Å². The van der Waals surface area contributed by atoms with E-state index in [1.807, 2.05) is 13.8 Å². The van der Waals surface area contributed by atoms with Gasteiger partial charge in [0, 0.05) is 26.0 Å². The van der Waals surface area contributed by atoms with Crippen LogP contribution in [0.4, 0.5) is 0 Å². The molecule has 0 saturated carbocycles. The maximum Gasteiger partial charge on any atom is 0.165 e. The number of carbonyl (C=O) groups excluding carboxylic acids is 1. The topological polar surface area (TPSA) is 26.3 Å². The van der Waals surface area contributed by atoms with Crippen LogP contribution in [0.3, 0.4) is 0 Å². The van der Waals surface area contributed by atoms with Gasteiger partial charge >= 0.3 is 0 Å². The Morgan fingerprint density at radius 2 is 2.11 bits per heavy atom. The molecule has 0 radical (unpaired) electrons. The first-order valence-corrected chi connectivity index (χ1v) is 10.4. The van der Waals surface area contributed by atoms with Crippen molar-refractivity contribution in [2.45, 2.75) is 52.4 Å². The Morgan fingerprint density at radius 1 is 1.50 bits per heavy atom. The standard InChI is InChI=1S/C15H26O2Si/c1-7-17-13-8-14(16)15(3,10-13)9-12(2)11-18(4,5)6/h8H,2,7,9-11H2,1,3-6H3. The minimum Gasteiger partial charge on any atom is -0.498 e. The van der Waals surface area contributed by atoms with Gasteiger partial charge < -0.3 is 4.74 Å². The Kier molecular flexibility index (Phi) is 4.59. The predicted octanol–water partition coefficient (Wildman–Crippen LogP) is 4.17. The second-order valence-electron chi connectivity index (χ2n) is 6.81. The van der Waals surface area contributed by atoms with Gasteiger partial charge in [-0.3, -0.25) is 4.79 Å². The van der Waals surface area contributed by atoms with Gasteiger partial charge in [-0.2, -0.15) is 0 Å². The molecular formula is C15H26O2Si. The van der Waals surface area contributed by atoms with Crippen LogP contribution in [0.5, 0.6) is 0 Å². The molecule has 1 rings (SSSR count). The lowest BCUT2D eigenvalue weighted by Crippen LogP contribution is -2.26. The molecule has 0 amide bonds. The molecule has 0 aromatic carbocycles. The van der Waals surface area contributed by atoms with Crippen LogP contribution in [0.2, 0.25) is 25.7 Å². The molecule has 0 saturated heterocycles. The zero-order valence-corrected chi connectivity index (χ0v) is 13.4. The van der Waals surface area contributed by atoms with Gasteiger partial charge in [0.05, 0.1) is 6.61 Å². The molecule has 2 nitrogen and oxygen atoms in total. The van der Waals surface area contributed by atoms with Crippen molar-refractivity contribution in [1.82, 2.24) is 0 Å². The quantitative estimate of drug-likeness (QED) is 0.533. The summed E-state index contributed by atoms with van der Waals surface area (Å²) in [5.74, 6) is 1.04. The highest BCUT2D eigenvalue weighted by molar-refractivity contribution is 6.76. The first kappa shape index (κ1) is 15.2. The SMILES string of the molecule is C=C(CC1(C)CC(OCC)=CC1=O)C[Si](C)(C)C. The van der Waals surface area contributed by atoms with Crippen LogP contribution in [0.25, 0.3) is 0 Å². The van der Waals surface area contributed by atoms with Gasteiger partial charge in [0.2, 0.25) is 0 Å². The van der Waals surface area contributed by atoms with Crippen LogP contribution < -0.4 is 0 Å². The van der Waals surface area contributed by atoms with E-state index in [1.54, 1.807) is 6.08 Å². The van der Waals surface area contributed by atoms with Gasteiger partial charge in [0.1, 0.15) is 5.76 Å². The molecule has 18 heavy (non-hydrogen) atoms. The molecule has 0 spiro atoms. The highest BCUT2D eigenvalue weighted by atomic mass is 28.3. The summed E-state index contributed by atoms with van der Waals surface area (Å²) < 4.78 is 5.47. The summed E-state index contributed by atoms with van der Waals surface area (Å²) in [5, 5.41) is 0. The number of carbonyl (C=O) groups is 1. The molecule has 1 aliphatic rings. The number of ketones is 1. The minimum absolute atomic E-state index is 0.197. The molecule has 0 N–H and O–H groups in total. The fourth-order valence-corrected chi connectivity index (χ4v) is 4.26. The molecule has 102 valence electrons. The van der Waals surface area contributed by atoms with E-state index in [0.29, 0.717) is 6.61 Å². The van der Waals surface area contributed by atoms with Crippen LogP contribution in [0.15, 0.2) is 24.0 Å². The molecule has 0 aromatic heterocycles. The Morgan fingerprint density at radius 3 is 2.61 bits per heavy atom. The number of hydrogen-bond donors (Lipinski definition) is 0. The molecule has 0 aromatic rings. The van der Waals surface area contributed by atoms with E-state index in [-0.39, 0.29) is 11.2 Å². The molecule has 0 fully saturated rings. The molecule has 1 atom stereocenters. The van der Waals surface area contributed by atoms with Crippen LogP contribution in [-0.4, -0.2) is 20.5 Å². The molecule has 3 heteroatoms. The van der Waals surface area contributed by atoms with Crippen LogP contribution in [0, 0.1) is 5.41 Å². The van der Waals surface area contributed by atoms with Crippen LogP contribution in [0.1, 0.15) is 26.7 Å². The summed E-state index contributed by atoms with van der Waals surface area (Å²) in [6, 6.07) is 1.10. The summed E-state index contributed by atoms with van der Waals surface area (Å²) in [6.45, 7) is 15.8. The third kappa shape index (κ3) is 4.12. The van der Waals surface area contributed by atoms with E-state index in [9.17, 15) is 4.79 Å². The number of ether oxygens (including phenoxy) is 1. The average molecular weight is 266 g/mol. The molecular weight excluding hydrogens is 240 g/mol. The molecule has 1 unspecified atom stereocenters. The van der Waals surface area contributed by atoms with Gasteiger partial charge in [-0.15, -0.1) is 6.58 Å². The Balaban J connectivity index is 2.63. The molecule has 0 heterocycles. The molecule has 0 aliphatic heterocycles. The molecule has 0 bridgehead atoms. The predicted molar refractivity (Wildman–Crippen MR) is 79.4 cm³/mol. The average Bonchev–Trinajstić information content (AvgIpc) is 2.38. The summed E-state index contributed by atoms with van der Waals surface area (Å²) >= 11 is 0. The second kappa shape index (κ2) is 5.43. The van der Waals surface area contributed by atoms with Gasteiger partial charge in [-0.05, 0) is 19.4 Å². The first-order chi connectivity index (χ1) is 8.16. The number of hydrogen-bond acceptors (Lipinski definition) is 2. The van der Waals surface area contributed by atoms with Gasteiger partial charge in [-0.25, -0.2) is 0 Å². The maximum absolute atomic E-state index is 12.1. The number of rotatable bonds is 6. The summed E-state index contributed by atoms with van der Waals surface area (Å²) in [4.78, 5) is 12.1. The zero-order valence-electron chi connectivity index (χ0n) is 12.4. The lowest BCUT2D eigenvalue weighted by atomic mass is 9.81. The third-order valence-electron chi connectivity index (χ3n) is 3.20. The second-order valence-corrected chi connectivity index (χ2v) is 12.3. The smallest absolute Gasteiger partial charge is 0.165 e. The summed E-state index contributed by atoms with van der Waals surface area (Å²) in [5.41, 5.74) is 0.900. The van der Waals surface area contributed by atoms with Crippen molar-refractivity contribution in [3.8, 4) is 0 Å². The first-order valence-electron chi connectivity index (χ1n) is 6.71. The van der Waals surface area contributed by atoms with Gasteiger partial charge in [-0.1, -0.05) is 32.1 Å². The highest BCUT2D eigenvalue weighted by Gasteiger charge is 2.39. The molecule has 1 aliphatic carbocycles. The largest absolute Gasteiger partial charge is 0.498 e. The van der Waals surface area contributed by atoms with E-state index in [4.69, 9.17) is 4.74 Å². The van der Waals surface area contributed by atoms with Crippen molar-refractivity contribution < 1.29 is 9.53 Å². The normalized spacial score (nSPS) is 24.1. The van der Waals surface area contributed by atoms with Gasteiger partial charge in [0.15, 0.2) is 5.78 Å². The zero-order chi connectivity index (χ0) is 14.0. The van der Waals surface area contributed by atoms with Crippen molar-refractivity contribution in [2.75, 3.05) is 6.61 Å². The van der Waals surface area contributed by atoms with E-state index >= 15 is 0 Å². The van der Waals surface area contributed by atoms with E-state index < -0.39 is 8.07 Å². The van der Waals surface area contributed by atoms with Crippen molar-refractivity contribution in [1.29, 1.82) is 0 Å². The van der Waals surface area contributed by atoms with Gasteiger partial charge in [0.25, 0.3) is 0 Å².